The number of nitrogens with one attached hydrogen (secondary N) is 1. The topological polar surface area (TPSA) is 46.2 Å². The third-order valence-electron chi connectivity index (χ3n) is 4.84. The molecule has 0 aliphatic heterocycles. The van der Waals surface area contributed by atoms with Crippen molar-refractivity contribution in [2.24, 2.45) is 0 Å². The van der Waals surface area contributed by atoms with E-state index in [9.17, 15) is 22.8 Å². The van der Waals surface area contributed by atoms with E-state index >= 15 is 0 Å². The lowest BCUT2D eigenvalue weighted by atomic mass is 9.86. The van der Waals surface area contributed by atoms with Crippen LogP contribution in [0.5, 0.6) is 0 Å². The number of rotatable bonds is 4. The maximum atomic E-state index is 12.6. The molecule has 2 aromatic rings. The summed E-state index contributed by atoms with van der Waals surface area (Å²) in [4.78, 5) is 23.9. The van der Waals surface area contributed by atoms with Crippen LogP contribution in [-0.4, -0.2) is 11.7 Å². The Hall–Kier alpha value is -2.63. The number of Topliss-reactive ketones (excluding diaryl/α,β-unsaturated/α-hetero) is 1. The molecule has 142 valence electrons. The van der Waals surface area contributed by atoms with Gasteiger partial charge in [0, 0.05) is 5.56 Å². The van der Waals surface area contributed by atoms with E-state index in [4.69, 9.17) is 0 Å². The minimum Gasteiger partial charge on any atom is -0.349 e. The van der Waals surface area contributed by atoms with Crippen LogP contribution in [0, 0.1) is 0 Å². The van der Waals surface area contributed by atoms with Crippen LogP contribution in [0.2, 0.25) is 0 Å². The van der Waals surface area contributed by atoms with Gasteiger partial charge in [-0.3, -0.25) is 9.59 Å². The highest BCUT2D eigenvalue weighted by molar-refractivity contribution is 5.94. The summed E-state index contributed by atoms with van der Waals surface area (Å²) < 4.78 is 37.8. The summed E-state index contributed by atoms with van der Waals surface area (Å²) in [5, 5.41) is 2.97. The average molecular weight is 375 g/mol. The summed E-state index contributed by atoms with van der Waals surface area (Å²) in [6.07, 6.45) is -1.80. The van der Waals surface area contributed by atoms with Crippen LogP contribution in [0.1, 0.15) is 58.4 Å². The Bertz CT molecular complexity index is 857. The van der Waals surface area contributed by atoms with Crippen LogP contribution in [0.4, 0.5) is 13.2 Å². The second kappa shape index (κ2) is 7.55. The van der Waals surface area contributed by atoms with Crippen molar-refractivity contribution in [2.45, 2.75) is 44.8 Å². The Labute approximate surface area is 155 Å². The van der Waals surface area contributed by atoms with Gasteiger partial charge < -0.3 is 5.32 Å². The Balaban J connectivity index is 1.68. The van der Waals surface area contributed by atoms with Gasteiger partial charge in [-0.05, 0) is 61.1 Å². The summed E-state index contributed by atoms with van der Waals surface area (Å²) >= 11 is 0. The number of carbonyl (C=O) groups excluding carboxylic acids is 2. The molecule has 0 bridgehead atoms. The molecule has 0 saturated carbocycles. The van der Waals surface area contributed by atoms with E-state index in [0.717, 1.165) is 42.5 Å². The summed E-state index contributed by atoms with van der Waals surface area (Å²) in [6, 6.07) is 10.0. The fourth-order valence-electron chi connectivity index (χ4n) is 3.43. The normalized spacial score (nSPS) is 16.5. The maximum absolute atomic E-state index is 12.6. The molecule has 0 saturated heterocycles. The van der Waals surface area contributed by atoms with Crippen molar-refractivity contribution >= 4 is 11.7 Å². The highest BCUT2D eigenvalue weighted by atomic mass is 19.4. The highest BCUT2D eigenvalue weighted by Gasteiger charge is 2.30. The Morgan fingerprint density at radius 2 is 1.81 bits per heavy atom. The SMILES string of the molecule is CC(=O)c1ccc2c(c1)CCCC2NC(=O)Cc1ccc(C(F)(F)F)cc1. The summed E-state index contributed by atoms with van der Waals surface area (Å²) in [5.41, 5.74) is 2.53. The highest BCUT2D eigenvalue weighted by Crippen LogP contribution is 2.31. The predicted octanol–water partition coefficient (Wildman–Crippen LogP) is 4.64. The van der Waals surface area contributed by atoms with Gasteiger partial charge in [0.25, 0.3) is 0 Å². The number of fused-ring (bicyclic) bond motifs is 1. The van der Waals surface area contributed by atoms with Crippen LogP contribution in [-0.2, 0) is 23.8 Å². The first-order valence-corrected chi connectivity index (χ1v) is 8.83. The minimum atomic E-state index is -4.38. The van der Waals surface area contributed by atoms with Crippen LogP contribution in [0.3, 0.4) is 0 Å². The molecule has 3 rings (SSSR count). The molecule has 0 aromatic heterocycles. The average Bonchev–Trinajstić information content (AvgIpc) is 2.61. The first kappa shape index (κ1) is 19.1. The number of ketones is 1. The molecule has 1 aliphatic rings. The molecular formula is C21H20F3NO2. The second-order valence-corrected chi connectivity index (χ2v) is 6.85. The van der Waals surface area contributed by atoms with Crippen molar-refractivity contribution < 1.29 is 22.8 Å². The van der Waals surface area contributed by atoms with Crippen LogP contribution >= 0.6 is 0 Å². The summed E-state index contributed by atoms with van der Waals surface area (Å²) in [6.45, 7) is 1.52. The van der Waals surface area contributed by atoms with E-state index in [1.165, 1.54) is 19.1 Å². The molecule has 1 unspecified atom stereocenters. The van der Waals surface area contributed by atoms with Crippen molar-refractivity contribution in [3.05, 3.63) is 70.3 Å². The zero-order chi connectivity index (χ0) is 19.6. The molecule has 0 spiro atoms. The molecule has 0 heterocycles. The van der Waals surface area contributed by atoms with Crippen LogP contribution in [0.25, 0.3) is 0 Å². The molecule has 6 heteroatoms. The molecule has 27 heavy (non-hydrogen) atoms. The number of hydrogen-bond acceptors (Lipinski definition) is 2. The van der Waals surface area contributed by atoms with Gasteiger partial charge in [0.1, 0.15) is 0 Å². The van der Waals surface area contributed by atoms with Crippen molar-refractivity contribution in [1.82, 2.24) is 5.32 Å². The first-order chi connectivity index (χ1) is 12.7. The molecule has 0 radical (unpaired) electrons. The smallest absolute Gasteiger partial charge is 0.349 e. The van der Waals surface area contributed by atoms with E-state index < -0.39 is 11.7 Å². The Morgan fingerprint density at radius 3 is 2.44 bits per heavy atom. The third-order valence-corrected chi connectivity index (χ3v) is 4.84. The fraction of sp³-hybridized carbons (Fsp3) is 0.333. The van der Waals surface area contributed by atoms with Crippen LogP contribution < -0.4 is 5.32 Å². The second-order valence-electron chi connectivity index (χ2n) is 6.85. The molecular weight excluding hydrogens is 355 g/mol. The molecule has 1 N–H and O–H groups in total. The summed E-state index contributed by atoms with van der Waals surface area (Å²) in [7, 11) is 0. The molecule has 3 nitrogen and oxygen atoms in total. The van der Waals surface area contributed by atoms with E-state index in [1.54, 1.807) is 6.07 Å². The Morgan fingerprint density at radius 1 is 1.11 bits per heavy atom. The minimum absolute atomic E-state index is 0.00580. The van der Waals surface area contributed by atoms with E-state index in [-0.39, 0.29) is 24.2 Å². The van der Waals surface area contributed by atoms with Crippen molar-refractivity contribution in [3.63, 3.8) is 0 Å². The van der Waals surface area contributed by atoms with Crippen molar-refractivity contribution in [2.75, 3.05) is 0 Å². The van der Waals surface area contributed by atoms with Gasteiger partial charge in [-0.25, -0.2) is 0 Å². The van der Waals surface area contributed by atoms with Crippen molar-refractivity contribution in [1.29, 1.82) is 0 Å². The van der Waals surface area contributed by atoms with E-state index in [0.29, 0.717) is 11.1 Å². The van der Waals surface area contributed by atoms with Gasteiger partial charge in [0.05, 0.1) is 18.0 Å². The van der Waals surface area contributed by atoms with Gasteiger partial charge in [-0.1, -0.05) is 24.3 Å². The van der Waals surface area contributed by atoms with E-state index in [1.807, 2.05) is 12.1 Å². The monoisotopic (exact) mass is 375 g/mol. The number of halogens is 3. The van der Waals surface area contributed by atoms with Gasteiger partial charge in [-0.15, -0.1) is 0 Å². The number of hydrogen-bond donors (Lipinski definition) is 1. The first-order valence-electron chi connectivity index (χ1n) is 8.83. The molecule has 0 fully saturated rings. The Kier molecular flexibility index (Phi) is 5.35. The molecule has 1 atom stereocenters. The third kappa shape index (κ3) is 4.56. The number of amides is 1. The van der Waals surface area contributed by atoms with Gasteiger partial charge in [0.2, 0.25) is 5.91 Å². The summed E-state index contributed by atoms with van der Waals surface area (Å²) in [5.74, 6) is -0.227. The number of aryl methyl sites for hydroxylation is 1. The number of alkyl halides is 3. The largest absolute Gasteiger partial charge is 0.416 e. The van der Waals surface area contributed by atoms with Gasteiger partial charge >= 0.3 is 6.18 Å². The molecule has 1 amide bonds. The van der Waals surface area contributed by atoms with Gasteiger partial charge in [0.15, 0.2) is 5.78 Å². The lowest BCUT2D eigenvalue weighted by molar-refractivity contribution is -0.137. The number of benzene rings is 2. The fourth-order valence-corrected chi connectivity index (χ4v) is 3.43. The zero-order valence-electron chi connectivity index (χ0n) is 14.9. The lowest BCUT2D eigenvalue weighted by Gasteiger charge is -2.27. The molecule has 1 aliphatic carbocycles. The van der Waals surface area contributed by atoms with Crippen molar-refractivity contribution in [3.8, 4) is 0 Å². The zero-order valence-corrected chi connectivity index (χ0v) is 14.9. The van der Waals surface area contributed by atoms with Gasteiger partial charge in [-0.2, -0.15) is 13.2 Å². The van der Waals surface area contributed by atoms with Crippen LogP contribution in [0.15, 0.2) is 42.5 Å². The maximum Gasteiger partial charge on any atom is 0.416 e. The quantitative estimate of drug-likeness (QED) is 0.791. The standard InChI is InChI=1S/C21H20F3NO2/c1-13(26)15-7-10-18-16(12-15)3-2-4-19(18)25-20(27)11-14-5-8-17(9-6-14)21(22,23)24/h5-10,12,19H,2-4,11H2,1H3,(H,25,27). The molecule has 2 aromatic carbocycles. The predicted molar refractivity (Wildman–Crippen MR) is 95.4 cm³/mol. The number of carbonyl (C=O) groups is 2. The van der Waals surface area contributed by atoms with E-state index in [2.05, 4.69) is 5.32 Å². The lowest BCUT2D eigenvalue weighted by Crippen LogP contribution is -2.32.